The lowest BCUT2D eigenvalue weighted by atomic mass is 10.1. The molecular formula is C12H19N5O3. The van der Waals surface area contributed by atoms with E-state index < -0.39 is 18.2 Å². The maximum Gasteiger partial charge on any atom is 0.325 e. The second-order valence-electron chi connectivity index (χ2n) is 4.59. The topological polar surface area (TPSA) is 97.3 Å². The predicted octanol–water partition coefficient (Wildman–Crippen LogP) is -1.31. The Bertz CT molecular complexity index is 462. The molecule has 0 saturated carbocycles. The fourth-order valence-corrected chi connectivity index (χ4v) is 2.30. The van der Waals surface area contributed by atoms with Crippen LogP contribution in [0.2, 0.25) is 0 Å². The van der Waals surface area contributed by atoms with Gasteiger partial charge in [-0.3, -0.25) is 15.1 Å². The van der Waals surface area contributed by atoms with Crippen molar-refractivity contribution in [1.82, 2.24) is 20.4 Å². The number of carbonyl (C=O) groups excluding carboxylic acids is 2. The molecule has 2 heterocycles. The van der Waals surface area contributed by atoms with Gasteiger partial charge in [0.2, 0.25) is 0 Å². The Labute approximate surface area is 117 Å². The SMILES string of the molecule is C/C=C/CN1C(=NCCO)NC2C1C(=O)NC(=O)N2C. The lowest BCUT2D eigenvalue weighted by Gasteiger charge is -2.35. The molecule has 0 aromatic carbocycles. The van der Waals surface area contributed by atoms with Crippen LogP contribution in [0, 0.1) is 0 Å². The average molecular weight is 281 g/mol. The van der Waals surface area contributed by atoms with Gasteiger partial charge >= 0.3 is 6.03 Å². The number of aliphatic imine (C=N–C) groups is 1. The van der Waals surface area contributed by atoms with Crippen LogP contribution in [0.4, 0.5) is 4.79 Å². The zero-order valence-corrected chi connectivity index (χ0v) is 11.5. The minimum atomic E-state index is -0.522. The van der Waals surface area contributed by atoms with Crippen LogP contribution in [0.1, 0.15) is 6.92 Å². The molecule has 0 aromatic heterocycles. The van der Waals surface area contributed by atoms with Crippen LogP contribution < -0.4 is 10.6 Å². The molecular weight excluding hydrogens is 262 g/mol. The number of likely N-dealkylation sites (N-methyl/N-ethyl adjacent to an activating group) is 1. The average Bonchev–Trinajstić information content (AvgIpc) is 2.79. The highest BCUT2D eigenvalue weighted by Gasteiger charge is 2.49. The molecule has 8 heteroatoms. The van der Waals surface area contributed by atoms with Gasteiger partial charge in [-0.05, 0) is 6.92 Å². The first-order valence-electron chi connectivity index (χ1n) is 6.47. The summed E-state index contributed by atoms with van der Waals surface area (Å²) in [6, 6.07) is -0.954. The third kappa shape index (κ3) is 2.46. The Morgan fingerprint density at radius 3 is 2.85 bits per heavy atom. The van der Waals surface area contributed by atoms with Crippen molar-refractivity contribution in [3.63, 3.8) is 0 Å². The second kappa shape index (κ2) is 5.91. The summed E-state index contributed by atoms with van der Waals surface area (Å²) < 4.78 is 0. The molecule has 0 aromatic rings. The quantitative estimate of drug-likeness (QED) is 0.556. The molecule has 2 rings (SSSR count). The highest BCUT2D eigenvalue weighted by molar-refractivity contribution is 6.04. The summed E-state index contributed by atoms with van der Waals surface area (Å²) in [4.78, 5) is 31.1. The van der Waals surface area contributed by atoms with Crippen molar-refractivity contribution < 1.29 is 14.7 Å². The van der Waals surface area contributed by atoms with Gasteiger partial charge in [0.05, 0.1) is 13.2 Å². The summed E-state index contributed by atoms with van der Waals surface area (Å²) in [6.07, 6.45) is 3.34. The van der Waals surface area contributed by atoms with Crippen LogP contribution >= 0.6 is 0 Å². The highest BCUT2D eigenvalue weighted by atomic mass is 16.3. The molecule has 2 aliphatic rings. The maximum atomic E-state index is 12.1. The zero-order chi connectivity index (χ0) is 14.7. The molecule has 20 heavy (non-hydrogen) atoms. The van der Waals surface area contributed by atoms with Crippen LogP contribution in [0.25, 0.3) is 0 Å². The van der Waals surface area contributed by atoms with Crippen molar-refractivity contribution in [1.29, 1.82) is 0 Å². The summed E-state index contributed by atoms with van der Waals surface area (Å²) in [5, 5.41) is 14.3. The number of aliphatic hydroxyl groups excluding tert-OH is 1. The molecule has 0 radical (unpaired) electrons. The summed E-state index contributed by atoms with van der Waals surface area (Å²) in [7, 11) is 1.62. The van der Waals surface area contributed by atoms with E-state index in [4.69, 9.17) is 5.11 Å². The molecule has 0 aliphatic carbocycles. The number of imide groups is 1. The van der Waals surface area contributed by atoms with Crippen LogP contribution in [-0.2, 0) is 4.79 Å². The minimum absolute atomic E-state index is 0.0705. The van der Waals surface area contributed by atoms with Gasteiger partial charge in [0.25, 0.3) is 5.91 Å². The van der Waals surface area contributed by atoms with Crippen molar-refractivity contribution in [3.8, 4) is 0 Å². The number of urea groups is 1. The molecule has 3 amide bonds. The molecule has 0 bridgehead atoms. The van der Waals surface area contributed by atoms with E-state index in [1.54, 1.807) is 11.9 Å². The number of fused-ring (bicyclic) bond motifs is 1. The molecule has 2 atom stereocenters. The monoisotopic (exact) mass is 281 g/mol. The number of hydrogen-bond acceptors (Lipinski definition) is 4. The minimum Gasteiger partial charge on any atom is -0.394 e. The molecule has 8 nitrogen and oxygen atoms in total. The number of nitrogens with zero attached hydrogens (tertiary/aromatic N) is 3. The zero-order valence-electron chi connectivity index (χ0n) is 11.5. The van der Waals surface area contributed by atoms with E-state index >= 15 is 0 Å². The van der Waals surface area contributed by atoms with Gasteiger partial charge in [-0.15, -0.1) is 0 Å². The molecule has 110 valence electrons. The van der Waals surface area contributed by atoms with E-state index in [9.17, 15) is 9.59 Å². The van der Waals surface area contributed by atoms with Crippen LogP contribution in [0.5, 0.6) is 0 Å². The molecule has 2 aliphatic heterocycles. The van der Waals surface area contributed by atoms with Crippen LogP contribution in [0.3, 0.4) is 0 Å². The van der Waals surface area contributed by atoms with Crippen LogP contribution in [-0.4, -0.2) is 71.8 Å². The first-order chi connectivity index (χ1) is 9.60. The summed E-state index contributed by atoms with van der Waals surface area (Å²) in [6.45, 7) is 2.57. The number of nitrogens with one attached hydrogen (secondary N) is 2. The van der Waals surface area contributed by atoms with Crippen molar-refractivity contribution in [2.24, 2.45) is 4.99 Å². The van der Waals surface area contributed by atoms with Gasteiger partial charge in [-0.2, -0.15) is 0 Å². The van der Waals surface area contributed by atoms with Crippen molar-refractivity contribution in [3.05, 3.63) is 12.2 Å². The molecule has 0 spiro atoms. The number of hydrogen-bond donors (Lipinski definition) is 3. The number of carbonyl (C=O) groups is 2. The van der Waals surface area contributed by atoms with Crippen molar-refractivity contribution in [2.75, 3.05) is 26.7 Å². The molecule has 2 saturated heterocycles. The molecule has 2 fully saturated rings. The van der Waals surface area contributed by atoms with Gasteiger partial charge in [-0.1, -0.05) is 12.2 Å². The molecule has 3 N–H and O–H groups in total. The maximum absolute atomic E-state index is 12.1. The van der Waals surface area contributed by atoms with E-state index in [2.05, 4.69) is 15.6 Å². The lowest BCUT2D eigenvalue weighted by Crippen LogP contribution is -2.64. The number of allylic oxidation sites excluding steroid dienone is 1. The van der Waals surface area contributed by atoms with Gasteiger partial charge < -0.3 is 20.2 Å². The van der Waals surface area contributed by atoms with Crippen LogP contribution in [0.15, 0.2) is 17.1 Å². The van der Waals surface area contributed by atoms with Gasteiger partial charge in [0.15, 0.2) is 12.0 Å². The Kier molecular flexibility index (Phi) is 4.23. The third-order valence-corrected chi connectivity index (χ3v) is 3.32. The molecule has 2 unspecified atom stereocenters. The Morgan fingerprint density at radius 1 is 1.45 bits per heavy atom. The number of amides is 3. The normalized spacial score (nSPS) is 28.1. The Balaban J connectivity index is 2.29. The van der Waals surface area contributed by atoms with E-state index in [-0.39, 0.29) is 19.1 Å². The number of rotatable bonds is 4. The fourth-order valence-electron chi connectivity index (χ4n) is 2.30. The number of guanidine groups is 1. The highest BCUT2D eigenvalue weighted by Crippen LogP contribution is 2.20. The Hall–Kier alpha value is -2.09. The van der Waals surface area contributed by atoms with E-state index in [1.165, 1.54) is 4.90 Å². The first-order valence-corrected chi connectivity index (χ1v) is 6.47. The largest absolute Gasteiger partial charge is 0.394 e. The summed E-state index contributed by atoms with van der Waals surface area (Å²) >= 11 is 0. The predicted molar refractivity (Wildman–Crippen MR) is 72.9 cm³/mol. The fraction of sp³-hybridized carbons (Fsp3) is 0.583. The third-order valence-electron chi connectivity index (χ3n) is 3.32. The van der Waals surface area contributed by atoms with Crippen molar-refractivity contribution >= 4 is 17.9 Å². The summed E-state index contributed by atoms with van der Waals surface area (Å²) in [5.74, 6) is 0.174. The van der Waals surface area contributed by atoms with E-state index in [1.807, 2.05) is 19.1 Å². The number of aliphatic hydroxyl groups is 1. The van der Waals surface area contributed by atoms with E-state index in [0.29, 0.717) is 12.5 Å². The van der Waals surface area contributed by atoms with Gasteiger partial charge in [0.1, 0.15) is 6.17 Å². The lowest BCUT2D eigenvalue weighted by molar-refractivity contribution is -0.126. The smallest absolute Gasteiger partial charge is 0.325 e. The Morgan fingerprint density at radius 2 is 2.20 bits per heavy atom. The van der Waals surface area contributed by atoms with Gasteiger partial charge in [0, 0.05) is 13.6 Å². The standard InChI is InChI=1S/C12H19N5O3/c1-3-4-6-17-8-9(14-11(17)13-5-7-18)16(2)12(20)15-10(8)19/h3-4,8-9,18H,5-7H2,1-2H3,(H,13,14)(H,15,19,20)/b4-3+. The summed E-state index contributed by atoms with van der Waals surface area (Å²) in [5.41, 5.74) is 0. The van der Waals surface area contributed by atoms with Crippen molar-refractivity contribution in [2.45, 2.75) is 19.1 Å². The first kappa shape index (κ1) is 14.3. The van der Waals surface area contributed by atoms with E-state index in [0.717, 1.165) is 0 Å². The van der Waals surface area contributed by atoms with Gasteiger partial charge in [-0.25, -0.2) is 4.79 Å². The second-order valence-corrected chi connectivity index (χ2v) is 4.59.